The Balaban J connectivity index is 2.19. The minimum Gasteiger partial charge on any atom is -0.352 e. The molecule has 3 atom stereocenters. The minimum atomic E-state index is -0.0880. The summed E-state index contributed by atoms with van der Waals surface area (Å²) in [4.78, 5) is 14.1. The van der Waals surface area contributed by atoms with E-state index in [1.807, 2.05) is 13.8 Å². The van der Waals surface area contributed by atoms with Crippen LogP contribution in [0.2, 0.25) is 0 Å². The van der Waals surface area contributed by atoms with Crippen LogP contribution in [0.3, 0.4) is 0 Å². The lowest BCUT2D eigenvalue weighted by molar-refractivity contribution is -0.123. The molecule has 0 aromatic heterocycles. The van der Waals surface area contributed by atoms with Gasteiger partial charge in [-0.1, -0.05) is 6.92 Å². The summed E-state index contributed by atoms with van der Waals surface area (Å²) < 4.78 is 0. The van der Waals surface area contributed by atoms with Crippen LogP contribution in [-0.2, 0) is 4.79 Å². The SMILES string of the molecule is CCC(C)NC(=O)C(C)NCC1CCN(C)C1. The van der Waals surface area contributed by atoms with Crippen LogP contribution < -0.4 is 10.6 Å². The molecule has 1 amide bonds. The summed E-state index contributed by atoms with van der Waals surface area (Å²) in [7, 11) is 2.15. The van der Waals surface area contributed by atoms with E-state index in [0.717, 1.165) is 19.5 Å². The van der Waals surface area contributed by atoms with E-state index in [1.54, 1.807) is 0 Å². The van der Waals surface area contributed by atoms with Gasteiger partial charge in [-0.15, -0.1) is 0 Å². The van der Waals surface area contributed by atoms with Crippen molar-refractivity contribution >= 4 is 5.91 Å². The largest absolute Gasteiger partial charge is 0.352 e. The van der Waals surface area contributed by atoms with Crippen molar-refractivity contribution in [2.24, 2.45) is 5.92 Å². The van der Waals surface area contributed by atoms with Gasteiger partial charge in [0, 0.05) is 12.6 Å². The zero-order valence-corrected chi connectivity index (χ0v) is 11.6. The Labute approximate surface area is 105 Å². The summed E-state index contributed by atoms with van der Waals surface area (Å²) in [5.74, 6) is 0.810. The van der Waals surface area contributed by atoms with Gasteiger partial charge >= 0.3 is 0 Å². The van der Waals surface area contributed by atoms with E-state index < -0.39 is 0 Å². The van der Waals surface area contributed by atoms with Gasteiger partial charge in [-0.25, -0.2) is 0 Å². The van der Waals surface area contributed by atoms with Crippen molar-refractivity contribution in [3.63, 3.8) is 0 Å². The molecule has 1 aliphatic rings. The maximum absolute atomic E-state index is 11.8. The van der Waals surface area contributed by atoms with Crippen molar-refractivity contribution < 1.29 is 4.79 Å². The van der Waals surface area contributed by atoms with Crippen molar-refractivity contribution in [1.29, 1.82) is 0 Å². The van der Waals surface area contributed by atoms with Crippen LogP contribution >= 0.6 is 0 Å². The molecule has 4 nitrogen and oxygen atoms in total. The van der Waals surface area contributed by atoms with E-state index in [-0.39, 0.29) is 18.0 Å². The third-order valence-corrected chi connectivity index (χ3v) is 3.60. The van der Waals surface area contributed by atoms with Crippen LogP contribution in [-0.4, -0.2) is 49.6 Å². The quantitative estimate of drug-likeness (QED) is 0.724. The number of rotatable bonds is 6. The molecule has 100 valence electrons. The third kappa shape index (κ3) is 5.04. The Morgan fingerprint density at radius 1 is 1.47 bits per heavy atom. The zero-order chi connectivity index (χ0) is 12.8. The second-order valence-corrected chi connectivity index (χ2v) is 5.36. The lowest BCUT2D eigenvalue weighted by atomic mass is 10.1. The number of carbonyl (C=O) groups excluding carboxylic acids is 1. The van der Waals surface area contributed by atoms with Crippen LogP contribution in [0.25, 0.3) is 0 Å². The van der Waals surface area contributed by atoms with Crippen LogP contribution in [0.5, 0.6) is 0 Å². The van der Waals surface area contributed by atoms with Crippen molar-refractivity contribution in [2.45, 2.75) is 45.7 Å². The first kappa shape index (κ1) is 14.5. The molecule has 1 rings (SSSR count). The molecule has 17 heavy (non-hydrogen) atoms. The number of nitrogens with zero attached hydrogens (tertiary/aromatic N) is 1. The number of amides is 1. The average molecular weight is 241 g/mol. The highest BCUT2D eigenvalue weighted by molar-refractivity contribution is 5.81. The van der Waals surface area contributed by atoms with Crippen LogP contribution in [0.1, 0.15) is 33.6 Å². The summed E-state index contributed by atoms with van der Waals surface area (Å²) in [6.07, 6.45) is 2.22. The normalized spacial score (nSPS) is 24.6. The number of likely N-dealkylation sites (tertiary alicyclic amines) is 1. The molecule has 1 saturated heterocycles. The van der Waals surface area contributed by atoms with Crippen LogP contribution in [0.15, 0.2) is 0 Å². The van der Waals surface area contributed by atoms with Crippen molar-refractivity contribution in [2.75, 3.05) is 26.7 Å². The van der Waals surface area contributed by atoms with Gasteiger partial charge in [0.25, 0.3) is 0 Å². The highest BCUT2D eigenvalue weighted by atomic mass is 16.2. The van der Waals surface area contributed by atoms with Crippen molar-refractivity contribution in [3.8, 4) is 0 Å². The molecule has 4 heteroatoms. The van der Waals surface area contributed by atoms with Gasteiger partial charge in [-0.05, 0) is 52.7 Å². The first-order valence-corrected chi connectivity index (χ1v) is 6.75. The Kier molecular flexibility index (Phi) is 5.92. The Morgan fingerprint density at radius 2 is 2.18 bits per heavy atom. The molecule has 0 aliphatic carbocycles. The maximum atomic E-state index is 11.8. The number of nitrogens with one attached hydrogen (secondary N) is 2. The number of hydrogen-bond acceptors (Lipinski definition) is 3. The first-order valence-electron chi connectivity index (χ1n) is 6.75. The summed E-state index contributed by atoms with van der Waals surface area (Å²) >= 11 is 0. The van der Waals surface area contributed by atoms with E-state index in [9.17, 15) is 4.79 Å². The predicted molar refractivity (Wildman–Crippen MR) is 71.0 cm³/mol. The van der Waals surface area contributed by atoms with E-state index in [1.165, 1.54) is 13.0 Å². The lowest BCUT2D eigenvalue weighted by Gasteiger charge is -2.19. The molecule has 0 bridgehead atoms. The van der Waals surface area contributed by atoms with Gasteiger partial charge in [0.1, 0.15) is 0 Å². The van der Waals surface area contributed by atoms with Gasteiger partial charge in [0.05, 0.1) is 6.04 Å². The Bertz CT molecular complexity index is 245. The second kappa shape index (κ2) is 6.97. The highest BCUT2D eigenvalue weighted by Gasteiger charge is 2.21. The molecule has 0 aromatic rings. The first-order chi connectivity index (χ1) is 8.02. The second-order valence-electron chi connectivity index (χ2n) is 5.36. The van der Waals surface area contributed by atoms with Gasteiger partial charge in [0.15, 0.2) is 0 Å². The van der Waals surface area contributed by atoms with Gasteiger partial charge < -0.3 is 15.5 Å². The molecule has 1 heterocycles. The molecule has 0 aromatic carbocycles. The monoisotopic (exact) mass is 241 g/mol. The fourth-order valence-electron chi connectivity index (χ4n) is 2.10. The molecule has 1 fully saturated rings. The summed E-state index contributed by atoms with van der Waals surface area (Å²) in [5.41, 5.74) is 0. The van der Waals surface area contributed by atoms with E-state index >= 15 is 0 Å². The van der Waals surface area contributed by atoms with Crippen molar-refractivity contribution in [3.05, 3.63) is 0 Å². The van der Waals surface area contributed by atoms with Gasteiger partial charge in [0.2, 0.25) is 5.91 Å². The smallest absolute Gasteiger partial charge is 0.237 e. The van der Waals surface area contributed by atoms with Crippen LogP contribution in [0.4, 0.5) is 0 Å². The van der Waals surface area contributed by atoms with Crippen LogP contribution in [0, 0.1) is 5.92 Å². The summed E-state index contributed by atoms with van der Waals surface area (Å²) in [6.45, 7) is 9.33. The Morgan fingerprint density at radius 3 is 2.71 bits per heavy atom. The molecule has 3 unspecified atom stereocenters. The van der Waals surface area contributed by atoms with Gasteiger partial charge in [-0.3, -0.25) is 4.79 Å². The molecular weight excluding hydrogens is 214 g/mol. The number of carbonyl (C=O) groups is 1. The topological polar surface area (TPSA) is 44.4 Å². The molecular formula is C13H27N3O. The maximum Gasteiger partial charge on any atom is 0.237 e. The minimum absolute atomic E-state index is 0.0880. The third-order valence-electron chi connectivity index (χ3n) is 3.60. The lowest BCUT2D eigenvalue weighted by Crippen LogP contribution is -2.46. The van der Waals surface area contributed by atoms with Crippen molar-refractivity contribution in [1.82, 2.24) is 15.5 Å². The molecule has 0 spiro atoms. The molecule has 0 radical (unpaired) electrons. The average Bonchev–Trinajstić information content (AvgIpc) is 2.71. The highest BCUT2D eigenvalue weighted by Crippen LogP contribution is 2.12. The number of hydrogen-bond donors (Lipinski definition) is 2. The zero-order valence-electron chi connectivity index (χ0n) is 11.6. The summed E-state index contributed by atoms with van der Waals surface area (Å²) in [6, 6.07) is 0.180. The van der Waals surface area contributed by atoms with E-state index in [0.29, 0.717) is 5.92 Å². The predicted octanol–water partition coefficient (Wildman–Crippen LogP) is 0.831. The molecule has 2 N–H and O–H groups in total. The van der Waals surface area contributed by atoms with E-state index in [2.05, 4.69) is 29.5 Å². The Hall–Kier alpha value is -0.610. The fourth-order valence-corrected chi connectivity index (χ4v) is 2.10. The van der Waals surface area contributed by atoms with E-state index in [4.69, 9.17) is 0 Å². The molecule has 0 saturated carbocycles. The standard InChI is InChI=1S/C13H27N3O/c1-5-10(2)15-13(17)11(3)14-8-12-6-7-16(4)9-12/h10-12,14H,5-9H2,1-4H3,(H,15,17). The van der Waals surface area contributed by atoms with Gasteiger partial charge in [-0.2, -0.15) is 0 Å². The summed E-state index contributed by atoms with van der Waals surface area (Å²) in [5, 5.41) is 6.34. The molecule has 1 aliphatic heterocycles. The fraction of sp³-hybridized carbons (Fsp3) is 0.923.